The van der Waals surface area contributed by atoms with Crippen LogP contribution in [0.2, 0.25) is 5.02 Å². The van der Waals surface area contributed by atoms with E-state index in [1.54, 1.807) is 6.08 Å². The van der Waals surface area contributed by atoms with Gasteiger partial charge in [0.15, 0.2) is 5.78 Å². The van der Waals surface area contributed by atoms with Gasteiger partial charge in [0, 0.05) is 23.3 Å². The summed E-state index contributed by atoms with van der Waals surface area (Å²) in [6, 6.07) is 5.62. The first kappa shape index (κ1) is 13.2. The molecule has 3 N–H and O–H groups in total. The van der Waals surface area contributed by atoms with Gasteiger partial charge in [0.25, 0.3) is 0 Å². The molecule has 0 bridgehead atoms. The molecule has 1 atom stereocenters. The van der Waals surface area contributed by atoms with Crippen molar-refractivity contribution in [1.29, 1.82) is 0 Å². The molecule has 1 unspecified atom stereocenters. The van der Waals surface area contributed by atoms with Crippen LogP contribution in [0.4, 0.5) is 5.69 Å². The van der Waals surface area contributed by atoms with Gasteiger partial charge >= 0.3 is 0 Å². The smallest absolute Gasteiger partial charge is 0.159 e. The Morgan fingerprint density at radius 3 is 2.90 bits per heavy atom. The number of hydrogen-bond donors (Lipinski definition) is 2. The minimum Gasteiger partial charge on any atom is -0.361 e. The van der Waals surface area contributed by atoms with E-state index in [-0.39, 0.29) is 11.8 Å². The highest BCUT2D eigenvalue weighted by atomic mass is 35.5. The van der Waals surface area contributed by atoms with E-state index in [1.165, 1.54) is 5.56 Å². The molecule has 0 fully saturated rings. The lowest BCUT2D eigenvalue weighted by Gasteiger charge is -2.24. The van der Waals surface area contributed by atoms with Gasteiger partial charge in [0.2, 0.25) is 0 Å². The van der Waals surface area contributed by atoms with E-state index in [0.717, 1.165) is 23.3 Å². The summed E-state index contributed by atoms with van der Waals surface area (Å²) in [5.41, 5.74) is 10.6. The summed E-state index contributed by atoms with van der Waals surface area (Å²) in [6.45, 7) is 0. The van der Waals surface area contributed by atoms with E-state index in [1.807, 2.05) is 36.6 Å². The van der Waals surface area contributed by atoms with Crippen LogP contribution >= 0.6 is 11.6 Å². The van der Waals surface area contributed by atoms with Crippen LogP contribution < -0.4 is 11.1 Å². The van der Waals surface area contributed by atoms with Crippen molar-refractivity contribution in [1.82, 2.24) is 0 Å². The largest absolute Gasteiger partial charge is 0.361 e. The second kappa shape index (κ2) is 5.27. The number of hydrogen-bond acceptors (Lipinski definition) is 3. The molecule has 0 spiro atoms. The third-order valence-corrected chi connectivity index (χ3v) is 3.87. The number of nitrogens with two attached hydrogens (primary N) is 1. The fraction of sp³-hybridized carbons (Fsp3) is 0.188. The average Bonchev–Trinajstić information content (AvgIpc) is 2.47. The lowest BCUT2D eigenvalue weighted by Crippen LogP contribution is -2.28. The van der Waals surface area contributed by atoms with Crippen molar-refractivity contribution in [2.45, 2.75) is 18.9 Å². The zero-order valence-electron chi connectivity index (χ0n) is 10.9. The molecule has 1 aliphatic carbocycles. The Bertz CT molecular complexity index is 658. The number of carbonyl (C=O) groups is 1. The topological polar surface area (TPSA) is 55.1 Å². The van der Waals surface area contributed by atoms with Crippen LogP contribution in [-0.4, -0.2) is 11.8 Å². The molecule has 1 aliphatic heterocycles. The fourth-order valence-corrected chi connectivity index (χ4v) is 2.64. The molecule has 20 heavy (non-hydrogen) atoms. The van der Waals surface area contributed by atoms with Gasteiger partial charge in [-0.1, -0.05) is 29.8 Å². The van der Waals surface area contributed by atoms with Crippen LogP contribution in [0.1, 0.15) is 12.0 Å². The number of benzene rings is 1. The van der Waals surface area contributed by atoms with Gasteiger partial charge in [-0.3, -0.25) is 4.79 Å². The van der Waals surface area contributed by atoms with Gasteiger partial charge in [0.05, 0.1) is 6.04 Å². The number of ketones is 1. The normalized spacial score (nSPS) is 18.8. The molecule has 0 amide bonds. The minimum absolute atomic E-state index is 0.122. The maximum Gasteiger partial charge on any atom is 0.159 e. The molecular formula is C16H15ClN2O. The van der Waals surface area contributed by atoms with Crippen molar-refractivity contribution in [3.8, 4) is 0 Å². The molecule has 3 nitrogen and oxygen atoms in total. The maximum atomic E-state index is 11.2. The average molecular weight is 287 g/mol. The number of fused-ring (bicyclic) bond motifs is 1. The number of rotatable bonds is 2. The SMILES string of the molecule is NC(C1=CCC(=O)C=C1)C1=CNc2cc(Cl)ccc2C1. The molecule has 102 valence electrons. The van der Waals surface area contributed by atoms with E-state index in [2.05, 4.69) is 5.32 Å². The molecule has 4 heteroatoms. The van der Waals surface area contributed by atoms with E-state index in [4.69, 9.17) is 17.3 Å². The van der Waals surface area contributed by atoms with Gasteiger partial charge in [0.1, 0.15) is 0 Å². The van der Waals surface area contributed by atoms with Gasteiger partial charge in [-0.05, 0) is 41.3 Å². The highest BCUT2D eigenvalue weighted by molar-refractivity contribution is 6.30. The first-order chi connectivity index (χ1) is 9.63. The summed E-state index contributed by atoms with van der Waals surface area (Å²) < 4.78 is 0. The van der Waals surface area contributed by atoms with Crippen molar-refractivity contribution >= 4 is 23.1 Å². The molecule has 1 heterocycles. The Hall–Kier alpha value is -1.84. The molecule has 0 saturated heterocycles. The lowest BCUT2D eigenvalue weighted by atomic mass is 9.89. The molecule has 1 aromatic carbocycles. The first-order valence-electron chi connectivity index (χ1n) is 6.54. The highest BCUT2D eigenvalue weighted by Gasteiger charge is 2.19. The summed E-state index contributed by atoms with van der Waals surface area (Å²) in [6.07, 6.45) is 8.49. The van der Waals surface area contributed by atoms with Gasteiger partial charge in [-0.25, -0.2) is 0 Å². The van der Waals surface area contributed by atoms with E-state index < -0.39 is 0 Å². The van der Waals surface area contributed by atoms with Crippen LogP contribution in [0, 0.1) is 0 Å². The molecule has 0 radical (unpaired) electrons. The summed E-state index contributed by atoms with van der Waals surface area (Å²) in [5, 5.41) is 3.95. The van der Waals surface area contributed by atoms with Crippen molar-refractivity contribution in [2.24, 2.45) is 5.73 Å². The maximum absolute atomic E-state index is 11.2. The highest BCUT2D eigenvalue weighted by Crippen LogP contribution is 2.29. The van der Waals surface area contributed by atoms with E-state index >= 15 is 0 Å². The number of anilines is 1. The fourth-order valence-electron chi connectivity index (χ4n) is 2.47. The van der Waals surface area contributed by atoms with Crippen LogP contribution in [0.5, 0.6) is 0 Å². The minimum atomic E-state index is -0.185. The second-order valence-electron chi connectivity index (χ2n) is 5.03. The first-order valence-corrected chi connectivity index (χ1v) is 6.92. The molecule has 1 aromatic rings. The summed E-state index contributed by atoms with van der Waals surface area (Å²) >= 11 is 5.98. The zero-order valence-corrected chi connectivity index (χ0v) is 11.7. The van der Waals surface area contributed by atoms with Crippen LogP contribution in [0.25, 0.3) is 0 Å². The number of nitrogens with one attached hydrogen (secondary N) is 1. The number of allylic oxidation sites excluding steroid dienone is 2. The molecule has 0 aromatic heterocycles. The van der Waals surface area contributed by atoms with Crippen molar-refractivity contribution < 1.29 is 4.79 Å². The lowest BCUT2D eigenvalue weighted by molar-refractivity contribution is -0.113. The number of carbonyl (C=O) groups excluding carboxylic acids is 1. The Balaban J connectivity index is 1.80. The van der Waals surface area contributed by atoms with Gasteiger partial charge < -0.3 is 11.1 Å². The Morgan fingerprint density at radius 2 is 2.15 bits per heavy atom. The quantitative estimate of drug-likeness (QED) is 0.879. The Morgan fingerprint density at radius 1 is 1.30 bits per heavy atom. The van der Waals surface area contributed by atoms with Gasteiger partial charge in [-0.15, -0.1) is 0 Å². The third kappa shape index (κ3) is 2.55. The van der Waals surface area contributed by atoms with Crippen LogP contribution in [0.3, 0.4) is 0 Å². The van der Waals surface area contributed by atoms with Crippen LogP contribution in [-0.2, 0) is 11.2 Å². The third-order valence-electron chi connectivity index (χ3n) is 3.64. The van der Waals surface area contributed by atoms with Crippen LogP contribution in [0.15, 0.2) is 53.8 Å². The molecule has 2 aliphatic rings. The molecular weight excluding hydrogens is 272 g/mol. The predicted octanol–water partition coefficient (Wildman–Crippen LogP) is 2.97. The van der Waals surface area contributed by atoms with Gasteiger partial charge in [-0.2, -0.15) is 0 Å². The Kier molecular flexibility index (Phi) is 3.47. The summed E-state index contributed by atoms with van der Waals surface area (Å²) in [7, 11) is 0. The second-order valence-corrected chi connectivity index (χ2v) is 5.46. The summed E-state index contributed by atoms with van der Waals surface area (Å²) in [5.74, 6) is 0.122. The summed E-state index contributed by atoms with van der Waals surface area (Å²) in [4.78, 5) is 11.2. The van der Waals surface area contributed by atoms with E-state index in [9.17, 15) is 4.79 Å². The van der Waals surface area contributed by atoms with Crippen molar-refractivity contribution in [3.05, 3.63) is 64.4 Å². The monoisotopic (exact) mass is 286 g/mol. The molecule has 3 rings (SSSR count). The molecule has 0 saturated carbocycles. The Labute approximate surface area is 122 Å². The predicted molar refractivity (Wildman–Crippen MR) is 81.7 cm³/mol. The standard InChI is InChI=1S/C16H15ClN2O/c17-13-4-1-11-7-12(9-19-15(11)8-13)16(18)10-2-5-14(20)6-3-10/h1-5,8-9,16,19H,6-7,18H2. The number of halogens is 1. The van der Waals surface area contributed by atoms with E-state index in [0.29, 0.717) is 11.4 Å². The van der Waals surface area contributed by atoms with Crippen molar-refractivity contribution in [2.75, 3.05) is 5.32 Å². The zero-order chi connectivity index (χ0) is 14.1. The van der Waals surface area contributed by atoms with Crippen molar-refractivity contribution in [3.63, 3.8) is 0 Å².